The minimum absolute atomic E-state index is 0.560. The average Bonchev–Trinajstić information content (AvgIpc) is 2.23. The molecule has 0 radical (unpaired) electrons. The van der Waals surface area contributed by atoms with Crippen molar-refractivity contribution in [1.29, 1.82) is 0 Å². The zero-order valence-corrected chi connectivity index (χ0v) is 10.8. The van der Waals surface area contributed by atoms with E-state index in [1.807, 2.05) is 0 Å². The van der Waals surface area contributed by atoms with Gasteiger partial charge in [-0.05, 0) is 0 Å². The summed E-state index contributed by atoms with van der Waals surface area (Å²) < 4.78 is 2.15. The van der Waals surface area contributed by atoms with Gasteiger partial charge in [-0.15, -0.1) is 12.6 Å². The number of carboxylic acids is 2. The van der Waals surface area contributed by atoms with Crippen LogP contribution in [0.4, 0.5) is 0 Å². The van der Waals surface area contributed by atoms with Gasteiger partial charge in [-0.3, -0.25) is 23.9 Å². The summed E-state index contributed by atoms with van der Waals surface area (Å²) in [5.41, 5.74) is 0. The van der Waals surface area contributed by atoms with Crippen LogP contribution in [0.2, 0.25) is 0 Å². The molecule has 102 valence electrons. The predicted molar refractivity (Wildman–Crippen MR) is 66.3 cm³/mol. The van der Waals surface area contributed by atoms with E-state index in [-0.39, 0.29) is 0 Å². The van der Waals surface area contributed by atoms with Crippen LogP contribution < -0.4 is 10.0 Å². The normalized spacial score (nSPS) is 13.4. The Bertz CT molecular complexity index is 361. The van der Waals surface area contributed by atoms with Crippen molar-refractivity contribution < 1.29 is 29.4 Å². The summed E-state index contributed by atoms with van der Waals surface area (Å²) in [4.78, 5) is 43.4. The third kappa shape index (κ3) is 6.47. The lowest BCUT2D eigenvalue weighted by Crippen LogP contribution is -2.49. The van der Waals surface area contributed by atoms with E-state index in [2.05, 4.69) is 35.5 Å². The number of aliphatic carboxylic acids is 2. The molecule has 0 unspecified atom stereocenters. The van der Waals surface area contributed by atoms with Gasteiger partial charge in [0, 0.05) is 0 Å². The molecular formula is C8H12N2O6S2. The number of carbonyl (C=O) groups excluding carboxylic acids is 2. The molecule has 0 aromatic heterocycles. The molecule has 0 bridgehead atoms. The zero-order valence-electron chi connectivity index (χ0n) is 8.99. The summed E-state index contributed by atoms with van der Waals surface area (Å²) in [5, 5.41) is 18.3. The molecule has 8 nitrogen and oxygen atoms in total. The lowest BCUT2D eigenvalue weighted by Gasteiger charge is -2.17. The van der Waals surface area contributed by atoms with Crippen LogP contribution in [0.5, 0.6) is 0 Å². The van der Waals surface area contributed by atoms with E-state index >= 15 is 0 Å². The van der Waals surface area contributed by atoms with Crippen LogP contribution in [-0.4, -0.2) is 45.3 Å². The summed E-state index contributed by atoms with van der Waals surface area (Å²) in [6.07, 6.45) is -1.20. The number of amides is 1. The summed E-state index contributed by atoms with van der Waals surface area (Å²) in [6.45, 7) is 0. The van der Waals surface area contributed by atoms with Crippen LogP contribution in [-0.2, 0) is 19.2 Å². The first-order valence-corrected chi connectivity index (χ1v) is 5.53. The second-order valence-corrected chi connectivity index (χ2v) is 3.98. The molecule has 0 spiro atoms. The van der Waals surface area contributed by atoms with Crippen molar-refractivity contribution in [3.05, 3.63) is 0 Å². The monoisotopic (exact) mass is 296 g/mol. The van der Waals surface area contributed by atoms with Gasteiger partial charge in [0.05, 0.1) is 12.8 Å². The first kappa shape index (κ1) is 16.7. The first-order chi connectivity index (χ1) is 8.27. The fourth-order valence-corrected chi connectivity index (χ4v) is 1.38. The minimum atomic E-state index is -1.32. The Kier molecular flexibility index (Phi) is 7.39. The van der Waals surface area contributed by atoms with Crippen molar-refractivity contribution in [1.82, 2.24) is 10.0 Å². The van der Waals surface area contributed by atoms with Crippen LogP contribution in [0.3, 0.4) is 0 Å². The highest BCUT2D eigenvalue weighted by Gasteiger charge is 2.26. The third-order valence-corrected chi connectivity index (χ3v) is 2.47. The van der Waals surface area contributed by atoms with E-state index in [0.29, 0.717) is 0 Å². The van der Waals surface area contributed by atoms with Crippen molar-refractivity contribution >= 4 is 48.4 Å². The second-order valence-electron chi connectivity index (χ2n) is 3.28. The Balaban J connectivity index is 4.60. The lowest BCUT2D eigenvalue weighted by molar-refractivity contribution is -0.141. The van der Waals surface area contributed by atoms with E-state index < -0.39 is 47.9 Å². The highest BCUT2D eigenvalue weighted by molar-refractivity contribution is 7.96. The Morgan fingerprint density at radius 2 is 1.44 bits per heavy atom. The number of hydrogen-bond acceptors (Lipinski definition) is 6. The number of carbonyl (C=O) groups is 4. The molecule has 0 rings (SSSR count). The molecule has 0 aliphatic rings. The standard InChI is InChI=1S/C8H12N2O6S2/c11-5(12)1-3(10-18)7(15)9-4(8(16)17)2-6(13)14/h3-4,10,18H,1-2H2,(H,9,15)(H,11,12)(H,13,14)(H,16,17)/t3-,4-/m0/s1. The van der Waals surface area contributed by atoms with Gasteiger partial charge in [0.25, 0.3) is 0 Å². The number of carboxylic acid groups (broad SMARTS) is 2. The molecule has 0 aliphatic carbocycles. The molecule has 0 fully saturated rings. The van der Waals surface area contributed by atoms with E-state index in [0.717, 1.165) is 0 Å². The first-order valence-electron chi connectivity index (χ1n) is 4.64. The van der Waals surface area contributed by atoms with Gasteiger partial charge in [-0.2, -0.15) is 0 Å². The molecule has 0 heterocycles. The highest BCUT2D eigenvalue weighted by atomic mass is 32.1. The number of rotatable bonds is 8. The highest BCUT2D eigenvalue weighted by Crippen LogP contribution is 2.01. The molecule has 0 saturated carbocycles. The Hall–Kier alpha value is -1.26. The molecule has 0 saturated heterocycles. The van der Waals surface area contributed by atoms with Crippen molar-refractivity contribution in [2.45, 2.75) is 24.9 Å². The fourth-order valence-electron chi connectivity index (χ4n) is 1.02. The maximum atomic E-state index is 11.5. The quantitative estimate of drug-likeness (QED) is 0.306. The summed E-state index contributed by atoms with van der Waals surface area (Å²) >= 11 is 7.02. The minimum Gasteiger partial charge on any atom is -0.481 e. The Morgan fingerprint density at radius 3 is 1.78 bits per heavy atom. The summed E-state index contributed by atoms with van der Waals surface area (Å²) in [5.74, 6) is -3.39. The average molecular weight is 296 g/mol. The molecule has 18 heavy (non-hydrogen) atoms. The maximum absolute atomic E-state index is 11.5. The van der Waals surface area contributed by atoms with Crippen molar-refractivity contribution in [3.8, 4) is 0 Å². The van der Waals surface area contributed by atoms with Crippen molar-refractivity contribution in [2.24, 2.45) is 0 Å². The topological polar surface area (TPSA) is 133 Å². The van der Waals surface area contributed by atoms with Crippen LogP contribution >= 0.6 is 25.4 Å². The van der Waals surface area contributed by atoms with Gasteiger partial charge in [-0.1, -0.05) is 12.8 Å². The number of nitrogens with one attached hydrogen (secondary N) is 2. The van der Waals surface area contributed by atoms with Gasteiger partial charge in [-0.25, -0.2) is 0 Å². The lowest BCUT2D eigenvalue weighted by atomic mass is 10.1. The van der Waals surface area contributed by atoms with Gasteiger partial charge < -0.3 is 15.5 Å². The summed E-state index contributed by atoms with van der Waals surface area (Å²) in [7, 11) is 0. The molecular weight excluding hydrogens is 284 g/mol. The molecule has 1 amide bonds. The van der Waals surface area contributed by atoms with Gasteiger partial charge in [0.2, 0.25) is 11.0 Å². The fraction of sp³-hybridized carbons (Fsp3) is 0.500. The van der Waals surface area contributed by atoms with E-state index in [4.69, 9.17) is 10.2 Å². The molecule has 10 heteroatoms. The summed E-state index contributed by atoms with van der Waals surface area (Å²) in [6, 6.07) is -2.51. The molecule has 0 aromatic carbocycles. The number of hydrogen-bond donors (Lipinski definition) is 6. The predicted octanol–water partition coefficient (Wildman–Crippen LogP) is -1.32. The van der Waals surface area contributed by atoms with Crippen LogP contribution in [0.25, 0.3) is 0 Å². The van der Waals surface area contributed by atoms with Crippen LogP contribution in [0, 0.1) is 0 Å². The van der Waals surface area contributed by atoms with Crippen molar-refractivity contribution in [3.63, 3.8) is 0 Å². The smallest absolute Gasteiger partial charge is 0.305 e. The van der Waals surface area contributed by atoms with E-state index in [1.54, 1.807) is 0 Å². The van der Waals surface area contributed by atoms with Gasteiger partial charge in [0.1, 0.15) is 12.1 Å². The van der Waals surface area contributed by atoms with Gasteiger partial charge >= 0.3 is 11.9 Å². The second kappa shape index (κ2) is 7.95. The molecule has 0 aliphatic heterocycles. The Labute approximate surface area is 113 Å². The molecule has 0 aromatic rings. The largest absolute Gasteiger partial charge is 0.481 e. The zero-order chi connectivity index (χ0) is 14.3. The SMILES string of the molecule is O=C(O)C[C@H](NC(=O)[C@H](CC(=O)O)NS)C(=O)S. The van der Waals surface area contributed by atoms with E-state index in [1.165, 1.54) is 0 Å². The number of thiol groups is 2. The van der Waals surface area contributed by atoms with Gasteiger partial charge in [0.15, 0.2) is 0 Å². The van der Waals surface area contributed by atoms with Crippen LogP contribution in [0.1, 0.15) is 12.8 Å². The Morgan fingerprint density at radius 1 is 1.00 bits per heavy atom. The van der Waals surface area contributed by atoms with Crippen molar-refractivity contribution in [2.75, 3.05) is 0 Å². The molecule has 2 atom stereocenters. The third-order valence-electron chi connectivity index (χ3n) is 1.84. The van der Waals surface area contributed by atoms with Crippen LogP contribution in [0.15, 0.2) is 0 Å². The maximum Gasteiger partial charge on any atom is 0.305 e. The van der Waals surface area contributed by atoms with E-state index in [9.17, 15) is 19.2 Å². The molecule has 4 N–H and O–H groups in total.